The van der Waals surface area contributed by atoms with Crippen molar-refractivity contribution in [2.75, 3.05) is 6.54 Å². The zero-order valence-corrected chi connectivity index (χ0v) is 17.6. The third-order valence-corrected chi connectivity index (χ3v) is 6.41. The maximum absolute atomic E-state index is 12.4. The highest BCUT2D eigenvalue weighted by Gasteiger charge is 2.14. The van der Waals surface area contributed by atoms with E-state index >= 15 is 0 Å². The number of hydrogen-bond donors (Lipinski definition) is 2. The highest BCUT2D eigenvalue weighted by Crippen LogP contribution is 2.25. The second-order valence-electron chi connectivity index (χ2n) is 6.77. The molecule has 154 valence electrons. The van der Waals surface area contributed by atoms with Gasteiger partial charge in [-0.05, 0) is 60.5 Å². The summed E-state index contributed by atoms with van der Waals surface area (Å²) < 4.78 is 33.4. The lowest BCUT2D eigenvalue weighted by Gasteiger charge is -2.08. The van der Waals surface area contributed by atoms with Crippen molar-refractivity contribution in [3.05, 3.63) is 89.3 Å². The molecule has 0 saturated heterocycles. The minimum Gasteiger partial charge on any atom is -0.489 e. The van der Waals surface area contributed by atoms with Gasteiger partial charge in [0.25, 0.3) is 0 Å². The predicted molar refractivity (Wildman–Crippen MR) is 117 cm³/mol. The van der Waals surface area contributed by atoms with E-state index in [0.717, 1.165) is 27.8 Å². The molecule has 0 aliphatic heterocycles. The number of H-pyrrole nitrogens is 1. The highest BCUT2D eigenvalue weighted by molar-refractivity contribution is 7.89. The van der Waals surface area contributed by atoms with Gasteiger partial charge in [0.15, 0.2) is 0 Å². The van der Waals surface area contributed by atoms with Crippen LogP contribution < -0.4 is 9.46 Å². The minimum absolute atomic E-state index is 0.192. The number of fused-ring (bicyclic) bond motifs is 1. The first kappa shape index (κ1) is 20.4. The fourth-order valence-corrected chi connectivity index (χ4v) is 4.28. The number of aromatic nitrogens is 2. The van der Waals surface area contributed by atoms with Crippen LogP contribution in [0.15, 0.2) is 78.1 Å². The van der Waals surface area contributed by atoms with E-state index in [1.165, 1.54) is 12.1 Å². The molecule has 0 fully saturated rings. The Labute approximate surface area is 179 Å². The monoisotopic (exact) mass is 441 g/mol. The molecule has 0 spiro atoms. The molecule has 4 rings (SSSR count). The molecule has 0 aliphatic rings. The SMILES string of the molecule is O=S(=O)(NCCc1c[nH]c2ccc(OCc3cccnc3)cc12)c1ccc(Cl)cc1. The number of benzene rings is 2. The Morgan fingerprint density at radius 1 is 1.10 bits per heavy atom. The molecule has 4 aromatic rings. The molecule has 30 heavy (non-hydrogen) atoms. The van der Waals surface area contributed by atoms with Gasteiger partial charge < -0.3 is 9.72 Å². The van der Waals surface area contributed by atoms with Crippen LogP contribution in [0.2, 0.25) is 5.02 Å². The van der Waals surface area contributed by atoms with Crippen LogP contribution in [-0.4, -0.2) is 24.9 Å². The second-order valence-corrected chi connectivity index (χ2v) is 8.98. The third-order valence-electron chi connectivity index (χ3n) is 4.68. The van der Waals surface area contributed by atoms with E-state index in [4.69, 9.17) is 16.3 Å². The molecule has 0 saturated carbocycles. The average Bonchev–Trinajstić information content (AvgIpc) is 3.15. The molecule has 0 radical (unpaired) electrons. The first-order valence-corrected chi connectivity index (χ1v) is 11.2. The quantitative estimate of drug-likeness (QED) is 0.426. The third kappa shape index (κ3) is 4.81. The lowest BCUT2D eigenvalue weighted by molar-refractivity contribution is 0.306. The van der Waals surface area contributed by atoms with Crippen LogP contribution in [0.4, 0.5) is 0 Å². The van der Waals surface area contributed by atoms with Crippen LogP contribution in [0.1, 0.15) is 11.1 Å². The summed E-state index contributed by atoms with van der Waals surface area (Å²) in [7, 11) is -3.58. The highest BCUT2D eigenvalue weighted by atomic mass is 35.5. The smallest absolute Gasteiger partial charge is 0.240 e. The first-order valence-electron chi connectivity index (χ1n) is 9.38. The Morgan fingerprint density at radius 2 is 1.93 bits per heavy atom. The number of nitrogens with zero attached hydrogens (tertiary/aromatic N) is 1. The van der Waals surface area contributed by atoms with Crippen LogP contribution in [0, 0.1) is 0 Å². The molecular weight excluding hydrogens is 422 g/mol. The van der Waals surface area contributed by atoms with Gasteiger partial charge in [0.2, 0.25) is 10.0 Å². The van der Waals surface area contributed by atoms with E-state index in [9.17, 15) is 8.42 Å². The van der Waals surface area contributed by atoms with Gasteiger partial charge in [0.1, 0.15) is 12.4 Å². The number of aromatic amines is 1. The maximum atomic E-state index is 12.4. The number of halogens is 1. The van der Waals surface area contributed by atoms with Crippen LogP contribution in [0.25, 0.3) is 10.9 Å². The van der Waals surface area contributed by atoms with Crippen LogP contribution in [0.5, 0.6) is 5.75 Å². The summed E-state index contributed by atoms with van der Waals surface area (Å²) in [6.45, 7) is 0.707. The summed E-state index contributed by atoms with van der Waals surface area (Å²) in [5.74, 6) is 0.744. The average molecular weight is 442 g/mol. The second kappa shape index (κ2) is 8.87. The molecule has 0 bridgehead atoms. The number of rotatable bonds is 8. The van der Waals surface area contributed by atoms with Gasteiger partial charge in [-0.25, -0.2) is 13.1 Å². The molecule has 0 atom stereocenters. The Balaban J connectivity index is 1.42. The molecule has 2 aromatic carbocycles. The van der Waals surface area contributed by atoms with Gasteiger partial charge >= 0.3 is 0 Å². The van der Waals surface area contributed by atoms with Crippen molar-refractivity contribution in [3.63, 3.8) is 0 Å². The molecule has 6 nitrogen and oxygen atoms in total. The maximum Gasteiger partial charge on any atom is 0.240 e. The largest absolute Gasteiger partial charge is 0.489 e. The van der Waals surface area contributed by atoms with Crippen molar-refractivity contribution >= 4 is 32.5 Å². The van der Waals surface area contributed by atoms with Gasteiger partial charge in [-0.15, -0.1) is 0 Å². The summed E-state index contributed by atoms with van der Waals surface area (Å²) in [5.41, 5.74) is 2.97. The van der Waals surface area contributed by atoms with Crippen molar-refractivity contribution in [2.24, 2.45) is 0 Å². The van der Waals surface area contributed by atoms with Gasteiger partial charge in [-0.1, -0.05) is 17.7 Å². The zero-order chi connectivity index (χ0) is 21.0. The van der Waals surface area contributed by atoms with Crippen molar-refractivity contribution in [1.29, 1.82) is 0 Å². The van der Waals surface area contributed by atoms with E-state index in [1.807, 2.05) is 36.5 Å². The van der Waals surface area contributed by atoms with Crippen molar-refractivity contribution < 1.29 is 13.2 Å². The summed E-state index contributed by atoms with van der Waals surface area (Å²) in [6, 6.07) is 15.7. The van der Waals surface area contributed by atoms with Gasteiger partial charge in [-0.3, -0.25) is 4.98 Å². The van der Waals surface area contributed by atoms with Crippen molar-refractivity contribution in [3.8, 4) is 5.75 Å². The Bertz CT molecular complexity index is 1240. The normalized spacial score (nSPS) is 11.6. The van der Waals surface area contributed by atoms with E-state index in [2.05, 4.69) is 14.7 Å². The number of pyridine rings is 1. The fraction of sp³-hybridized carbons (Fsp3) is 0.136. The molecule has 8 heteroatoms. The van der Waals surface area contributed by atoms with E-state index in [-0.39, 0.29) is 11.4 Å². The van der Waals surface area contributed by atoms with Gasteiger partial charge in [0, 0.05) is 46.6 Å². The van der Waals surface area contributed by atoms with Gasteiger partial charge in [-0.2, -0.15) is 0 Å². The Hall–Kier alpha value is -2.87. The van der Waals surface area contributed by atoms with Crippen molar-refractivity contribution in [1.82, 2.24) is 14.7 Å². The summed E-state index contributed by atoms with van der Waals surface area (Å²) in [5, 5.41) is 1.50. The van der Waals surface area contributed by atoms with E-state index in [0.29, 0.717) is 18.1 Å². The molecule has 2 N–H and O–H groups in total. The molecular formula is C22H20ClN3O3S. The number of hydrogen-bond acceptors (Lipinski definition) is 4. The zero-order valence-electron chi connectivity index (χ0n) is 16.0. The van der Waals surface area contributed by atoms with E-state index < -0.39 is 10.0 Å². The number of nitrogens with one attached hydrogen (secondary N) is 2. The molecule has 0 unspecified atom stereocenters. The van der Waals surface area contributed by atoms with Gasteiger partial charge in [0.05, 0.1) is 4.90 Å². The first-order chi connectivity index (χ1) is 14.5. The molecule has 0 aliphatic carbocycles. The molecule has 0 amide bonds. The predicted octanol–water partition coefficient (Wildman–Crippen LogP) is 4.32. The standard InChI is InChI=1S/C22H20ClN3O3S/c23-18-3-6-20(7-4-18)30(27,28)26-11-9-17-14-25-22-8-5-19(12-21(17)22)29-15-16-2-1-10-24-13-16/h1-8,10,12-14,25-26H,9,11,15H2. The molecule has 2 aromatic heterocycles. The van der Waals surface area contributed by atoms with Crippen LogP contribution in [0.3, 0.4) is 0 Å². The lowest BCUT2D eigenvalue weighted by Crippen LogP contribution is -2.25. The lowest BCUT2D eigenvalue weighted by atomic mass is 10.1. The fourth-order valence-electron chi connectivity index (χ4n) is 3.12. The Kier molecular flexibility index (Phi) is 6.03. The number of sulfonamides is 1. The number of ether oxygens (including phenoxy) is 1. The minimum atomic E-state index is -3.58. The Morgan fingerprint density at radius 3 is 2.70 bits per heavy atom. The van der Waals surface area contributed by atoms with Crippen LogP contribution >= 0.6 is 11.6 Å². The summed E-state index contributed by atoms with van der Waals surface area (Å²) in [4.78, 5) is 7.49. The molecule has 2 heterocycles. The van der Waals surface area contributed by atoms with Crippen molar-refractivity contribution in [2.45, 2.75) is 17.9 Å². The summed E-state index contributed by atoms with van der Waals surface area (Å²) >= 11 is 5.83. The topological polar surface area (TPSA) is 84.1 Å². The van der Waals surface area contributed by atoms with E-state index in [1.54, 1.807) is 24.5 Å². The summed E-state index contributed by atoms with van der Waals surface area (Å²) in [6.07, 6.45) is 5.93. The van der Waals surface area contributed by atoms with Crippen LogP contribution in [-0.2, 0) is 23.1 Å².